The molecule has 0 N–H and O–H groups in total. The van der Waals surface area contributed by atoms with Crippen LogP contribution in [0.2, 0.25) is 0 Å². The van der Waals surface area contributed by atoms with Crippen LogP contribution >= 0.6 is 43.2 Å². The first-order chi connectivity index (χ1) is 7.60. The van der Waals surface area contributed by atoms with E-state index in [2.05, 4.69) is 38.8 Å². The van der Waals surface area contributed by atoms with Crippen LogP contribution in [-0.4, -0.2) is 5.78 Å². The summed E-state index contributed by atoms with van der Waals surface area (Å²) in [6, 6.07) is 0. The number of ketones is 1. The predicted molar refractivity (Wildman–Crippen MR) is 75.2 cm³/mol. The fourth-order valence-electron chi connectivity index (χ4n) is 2.51. The average molecular weight is 366 g/mol. The van der Waals surface area contributed by atoms with Crippen molar-refractivity contribution in [3.63, 3.8) is 0 Å². The van der Waals surface area contributed by atoms with E-state index in [-0.39, 0.29) is 5.41 Å². The van der Waals surface area contributed by atoms with Crippen LogP contribution in [0.1, 0.15) is 48.7 Å². The van der Waals surface area contributed by atoms with Gasteiger partial charge in [0.05, 0.1) is 9.35 Å². The molecule has 1 aromatic rings. The van der Waals surface area contributed by atoms with E-state index in [1.165, 1.54) is 12.8 Å². The number of carbonyl (C=O) groups is 1. The molecule has 88 valence electrons. The first-order valence-corrected chi connectivity index (χ1v) is 8.04. The van der Waals surface area contributed by atoms with Gasteiger partial charge in [-0.3, -0.25) is 4.79 Å². The summed E-state index contributed by atoms with van der Waals surface area (Å²) in [6.45, 7) is 2.14. The molecule has 1 aliphatic carbocycles. The first kappa shape index (κ1) is 12.8. The van der Waals surface area contributed by atoms with Crippen LogP contribution in [0.3, 0.4) is 0 Å². The van der Waals surface area contributed by atoms with Crippen LogP contribution in [0.15, 0.2) is 14.3 Å². The predicted octanol–water partition coefficient (Wildman–Crippen LogP) is 5.43. The van der Waals surface area contributed by atoms with E-state index in [0.717, 1.165) is 33.1 Å². The van der Waals surface area contributed by atoms with Crippen molar-refractivity contribution in [2.24, 2.45) is 5.41 Å². The molecule has 4 heteroatoms. The molecule has 1 aromatic heterocycles. The molecule has 0 aliphatic heterocycles. The highest BCUT2D eigenvalue weighted by Crippen LogP contribution is 2.46. The molecule has 0 spiro atoms. The number of hydrogen-bond donors (Lipinski definition) is 0. The summed E-state index contributed by atoms with van der Waals surface area (Å²) in [7, 11) is 0. The Morgan fingerprint density at radius 2 is 2.06 bits per heavy atom. The summed E-state index contributed by atoms with van der Waals surface area (Å²) in [5.74, 6) is 0.343. The quantitative estimate of drug-likeness (QED) is 0.653. The highest BCUT2D eigenvalue weighted by molar-refractivity contribution is 9.13. The number of thiophene rings is 1. The maximum Gasteiger partial charge on any atom is 0.180 e. The van der Waals surface area contributed by atoms with Crippen molar-refractivity contribution >= 4 is 49.0 Å². The minimum absolute atomic E-state index is 0.0766. The van der Waals surface area contributed by atoms with Crippen LogP contribution in [0.4, 0.5) is 0 Å². The van der Waals surface area contributed by atoms with Crippen LogP contribution in [0.5, 0.6) is 0 Å². The van der Waals surface area contributed by atoms with Gasteiger partial charge >= 0.3 is 0 Å². The van der Waals surface area contributed by atoms with Gasteiger partial charge in [-0.15, -0.1) is 11.3 Å². The molecule has 1 aliphatic rings. The third kappa shape index (κ3) is 2.04. The third-order valence-electron chi connectivity index (χ3n) is 3.61. The van der Waals surface area contributed by atoms with Crippen molar-refractivity contribution in [2.45, 2.75) is 39.0 Å². The largest absolute Gasteiger partial charge is 0.293 e. The maximum absolute atomic E-state index is 12.6. The fraction of sp³-hybridized carbons (Fsp3) is 0.583. The molecule has 2 rings (SSSR count). The molecule has 16 heavy (non-hydrogen) atoms. The Bertz CT molecular complexity index is 405. The average Bonchev–Trinajstić information content (AvgIpc) is 2.88. The van der Waals surface area contributed by atoms with Crippen LogP contribution in [0, 0.1) is 5.41 Å². The molecule has 0 aromatic carbocycles. The van der Waals surface area contributed by atoms with Crippen molar-refractivity contribution in [2.75, 3.05) is 0 Å². The van der Waals surface area contributed by atoms with Crippen LogP contribution in [0.25, 0.3) is 0 Å². The van der Waals surface area contributed by atoms with Crippen molar-refractivity contribution in [1.29, 1.82) is 0 Å². The number of rotatable bonds is 3. The topological polar surface area (TPSA) is 17.1 Å². The van der Waals surface area contributed by atoms with Gasteiger partial charge in [0.2, 0.25) is 0 Å². The first-order valence-electron chi connectivity index (χ1n) is 5.58. The zero-order chi connectivity index (χ0) is 11.8. The molecule has 0 unspecified atom stereocenters. The lowest BCUT2D eigenvalue weighted by Crippen LogP contribution is -2.26. The van der Waals surface area contributed by atoms with Gasteiger partial charge in [0.25, 0.3) is 0 Å². The summed E-state index contributed by atoms with van der Waals surface area (Å²) in [4.78, 5) is 13.5. The Morgan fingerprint density at radius 3 is 2.50 bits per heavy atom. The third-order valence-corrected chi connectivity index (χ3v) is 7.14. The monoisotopic (exact) mass is 364 g/mol. The zero-order valence-corrected chi connectivity index (χ0v) is 13.2. The Morgan fingerprint density at radius 1 is 1.44 bits per heavy atom. The molecule has 0 saturated heterocycles. The van der Waals surface area contributed by atoms with Gasteiger partial charge in [0.15, 0.2) is 5.78 Å². The smallest absolute Gasteiger partial charge is 0.180 e. The van der Waals surface area contributed by atoms with Gasteiger partial charge in [-0.05, 0) is 51.1 Å². The molecule has 0 atom stereocenters. The molecule has 1 fully saturated rings. The molecular weight excluding hydrogens is 352 g/mol. The van der Waals surface area contributed by atoms with Crippen LogP contribution < -0.4 is 0 Å². The normalized spacial score (nSPS) is 18.9. The van der Waals surface area contributed by atoms with E-state index >= 15 is 0 Å². The summed E-state index contributed by atoms with van der Waals surface area (Å²) in [5, 5.41) is 1.98. The van der Waals surface area contributed by atoms with E-state index in [1.807, 2.05) is 5.38 Å². The van der Waals surface area contributed by atoms with Crippen molar-refractivity contribution in [1.82, 2.24) is 0 Å². The molecule has 1 saturated carbocycles. The Kier molecular flexibility index (Phi) is 3.92. The van der Waals surface area contributed by atoms with Crippen molar-refractivity contribution in [3.8, 4) is 0 Å². The lowest BCUT2D eigenvalue weighted by Gasteiger charge is -2.25. The van der Waals surface area contributed by atoms with E-state index < -0.39 is 0 Å². The minimum atomic E-state index is -0.0766. The lowest BCUT2D eigenvalue weighted by atomic mass is 9.78. The second kappa shape index (κ2) is 4.91. The highest BCUT2D eigenvalue weighted by atomic mass is 79.9. The van der Waals surface area contributed by atoms with Gasteiger partial charge in [0, 0.05) is 15.3 Å². The number of carbonyl (C=O) groups excluding carboxylic acids is 1. The zero-order valence-electron chi connectivity index (χ0n) is 9.19. The molecule has 0 radical (unpaired) electrons. The molecule has 1 nitrogen and oxygen atoms in total. The number of Topliss-reactive ketones (excluding diaryl/α,β-unsaturated/α-hetero) is 1. The summed E-state index contributed by atoms with van der Waals surface area (Å²) in [6.07, 6.45) is 5.48. The van der Waals surface area contributed by atoms with E-state index in [1.54, 1.807) is 11.3 Å². The minimum Gasteiger partial charge on any atom is -0.293 e. The van der Waals surface area contributed by atoms with Crippen molar-refractivity contribution < 1.29 is 4.79 Å². The van der Waals surface area contributed by atoms with E-state index in [0.29, 0.717) is 5.78 Å². The second-order valence-corrected chi connectivity index (χ2v) is 6.92. The summed E-state index contributed by atoms with van der Waals surface area (Å²) in [5.41, 5.74) is -0.0766. The Labute approximate surface area is 117 Å². The Hall–Kier alpha value is 0.330. The lowest BCUT2D eigenvalue weighted by molar-refractivity contribution is 0.0795. The van der Waals surface area contributed by atoms with Gasteiger partial charge in [0.1, 0.15) is 0 Å². The highest BCUT2D eigenvalue weighted by Gasteiger charge is 2.41. The molecule has 0 amide bonds. The SMILES string of the molecule is CCC1(C(=O)c2scc(Br)c2Br)CCCC1. The van der Waals surface area contributed by atoms with E-state index in [4.69, 9.17) is 0 Å². The van der Waals surface area contributed by atoms with Crippen molar-refractivity contribution in [3.05, 3.63) is 19.2 Å². The number of halogens is 2. The fourth-order valence-corrected chi connectivity index (χ4v) is 4.72. The van der Waals surface area contributed by atoms with Gasteiger partial charge < -0.3 is 0 Å². The van der Waals surface area contributed by atoms with Gasteiger partial charge in [-0.2, -0.15) is 0 Å². The van der Waals surface area contributed by atoms with Gasteiger partial charge in [-0.1, -0.05) is 19.8 Å². The summed E-state index contributed by atoms with van der Waals surface area (Å²) < 4.78 is 1.92. The molecule has 1 heterocycles. The molecule has 0 bridgehead atoms. The summed E-state index contributed by atoms with van der Waals surface area (Å²) >= 11 is 8.48. The second-order valence-electron chi connectivity index (χ2n) is 4.40. The van der Waals surface area contributed by atoms with Crippen LogP contribution in [-0.2, 0) is 0 Å². The Balaban J connectivity index is 2.34. The number of hydrogen-bond acceptors (Lipinski definition) is 2. The van der Waals surface area contributed by atoms with E-state index in [9.17, 15) is 4.79 Å². The molecular formula is C12H14Br2OS. The maximum atomic E-state index is 12.6. The standard InChI is InChI=1S/C12H14Br2OS/c1-2-12(5-3-4-6-12)11(15)10-9(14)8(13)7-16-10/h7H,2-6H2,1H3. The van der Waals surface area contributed by atoms with Gasteiger partial charge in [-0.25, -0.2) is 0 Å².